The first-order valence-electron chi connectivity index (χ1n) is 6.06. The summed E-state index contributed by atoms with van der Waals surface area (Å²) in [5, 5.41) is 2.99. The molecule has 0 fully saturated rings. The summed E-state index contributed by atoms with van der Waals surface area (Å²) in [6.45, 7) is 0.667. The maximum absolute atomic E-state index is 13.8. The van der Waals surface area contributed by atoms with Crippen molar-refractivity contribution >= 4 is 0 Å². The van der Waals surface area contributed by atoms with E-state index in [9.17, 15) is 4.39 Å². The number of ether oxygens (including phenoxy) is 1. The molecule has 1 aliphatic carbocycles. The topological polar surface area (TPSA) is 21.3 Å². The second kappa shape index (κ2) is 5.82. The minimum absolute atomic E-state index is 0.0217. The van der Waals surface area contributed by atoms with Crippen molar-refractivity contribution in [3.63, 3.8) is 0 Å². The molecule has 1 atom stereocenters. The molecule has 17 heavy (non-hydrogen) atoms. The van der Waals surface area contributed by atoms with Crippen LogP contribution in [-0.4, -0.2) is 13.2 Å². The normalized spacial score (nSPS) is 19.3. The number of hydrogen-bond donors (Lipinski definition) is 1. The van der Waals surface area contributed by atoms with Gasteiger partial charge < -0.3 is 10.1 Å². The lowest BCUT2D eigenvalue weighted by molar-refractivity contribution is 0.220. The maximum atomic E-state index is 13.8. The predicted octanol–water partition coefficient (Wildman–Crippen LogP) is 3.03. The molecule has 1 aromatic rings. The predicted molar refractivity (Wildman–Crippen MR) is 66.6 cm³/mol. The first kappa shape index (κ1) is 12.1. The van der Waals surface area contributed by atoms with E-state index in [1.807, 2.05) is 19.2 Å². The number of allylic oxidation sites excluding steroid dienone is 1. The average Bonchev–Trinajstić information content (AvgIpc) is 2.34. The van der Waals surface area contributed by atoms with Crippen molar-refractivity contribution in [2.45, 2.75) is 31.9 Å². The van der Waals surface area contributed by atoms with Crippen molar-refractivity contribution in [3.05, 3.63) is 41.7 Å². The number of rotatable bonds is 4. The van der Waals surface area contributed by atoms with Gasteiger partial charge in [0.05, 0.1) is 0 Å². The van der Waals surface area contributed by atoms with Crippen LogP contribution >= 0.6 is 0 Å². The summed E-state index contributed by atoms with van der Waals surface area (Å²) in [5.74, 6) is 0.0677. The van der Waals surface area contributed by atoms with Crippen molar-refractivity contribution in [1.82, 2.24) is 5.32 Å². The molecule has 0 amide bonds. The highest BCUT2D eigenvalue weighted by molar-refractivity contribution is 5.30. The van der Waals surface area contributed by atoms with Crippen molar-refractivity contribution in [1.29, 1.82) is 0 Å². The molecule has 0 spiro atoms. The van der Waals surface area contributed by atoms with E-state index in [1.54, 1.807) is 6.07 Å². The number of hydrogen-bond acceptors (Lipinski definition) is 2. The largest absolute Gasteiger partial charge is 0.483 e. The minimum Gasteiger partial charge on any atom is -0.483 e. The van der Waals surface area contributed by atoms with Crippen molar-refractivity contribution in [2.24, 2.45) is 0 Å². The van der Waals surface area contributed by atoms with Crippen LogP contribution < -0.4 is 10.1 Å². The molecule has 0 heterocycles. The van der Waals surface area contributed by atoms with Crippen LogP contribution in [0.15, 0.2) is 30.4 Å². The third-order valence-corrected chi connectivity index (χ3v) is 2.87. The highest BCUT2D eigenvalue weighted by Gasteiger charge is 2.12. The monoisotopic (exact) mass is 235 g/mol. The summed E-state index contributed by atoms with van der Waals surface area (Å²) < 4.78 is 19.4. The molecule has 2 rings (SSSR count). The second-order valence-corrected chi connectivity index (χ2v) is 4.31. The average molecular weight is 235 g/mol. The van der Waals surface area contributed by atoms with Crippen molar-refractivity contribution < 1.29 is 9.13 Å². The summed E-state index contributed by atoms with van der Waals surface area (Å²) >= 11 is 0. The molecule has 3 heteroatoms. The molecule has 1 unspecified atom stereocenters. The lowest BCUT2D eigenvalue weighted by Crippen LogP contribution is -2.16. The van der Waals surface area contributed by atoms with Crippen molar-refractivity contribution in [3.8, 4) is 5.75 Å². The zero-order valence-electron chi connectivity index (χ0n) is 10.1. The van der Waals surface area contributed by atoms with Crippen LogP contribution in [0, 0.1) is 5.82 Å². The summed E-state index contributed by atoms with van der Waals surface area (Å²) in [5.41, 5.74) is 0.927. The molecule has 1 aliphatic rings. The van der Waals surface area contributed by atoms with Gasteiger partial charge in [0.2, 0.25) is 0 Å². The Morgan fingerprint density at radius 1 is 1.47 bits per heavy atom. The van der Waals surface area contributed by atoms with Gasteiger partial charge in [-0.15, -0.1) is 0 Å². The van der Waals surface area contributed by atoms with Crippen LogP contribution in [0.5, 0.6) is 5.75 Å². The van der Waals surface area contributed by atoms with Crippen LogP contribution in [0.1, 0.15) is 24.8 Å². The molecule has 0 aliphatic heterocycles. The van der Waals surface area contributed by atoms with E-state index in [-0.39, 0.29) is 11.9 Å². The van der Waals surface area contributed by atoms with Crippen LogP contribution in [-0.2, 0) is 6.54 Å². The molecular formula is C14H18FNO. The van der Waals surface area contributed by atoms with Crippen molar-refractivity contribution in [2.75, 3.05) is 7.05 Å². The summed E-state index contributed by atoms with van der Waals surface area (Å²) in [4.78, 5) is 0. The second-order valence-electron chi connectivity index (χ2n) is 4.31. The molecule has 1 aromatic carbocycles. The van der Waals surface area contributed by atoms with Crippen LogP contribution in [0.25, 0.3) is 0 Å². The van der Waals surface area contributed by atoms with Gasteiger partial charge in [0.25, 0.3) is 0 Å². The lowest BCUT2D eigenvalue weighted by atomic mass is 10.1. The molecule has 2 nitrogen and oxygen atoms in total. The number of nitrogens with one attached hydrogen (secondary N) is 1. The highest BCUT2D eigenvalue weighted by atomic mass is 19.1. The van der Waals surface area contributed by atoms with E-state index in [0.717, 1.165) is 24.8 Å². The number of halogens is 1. The van der Waals surface area contributed by atoms with Gasteiger partial charge in [-0.05, 0) is 50.1 Å². The van der Waals surface area contributed by atoms with Gasteiger partial charge in [-0.1, -0.05) is 12.1 Å². The molecule has 0 saturated heterocycles. The molecule has 0 bridgehead atoms. The van der Waals surface area contributed by atoms with Gasteiger partial charge in [-0.3, -0.25) is 0 Å². The Morgan fingerprint density at radius 2 is 2.35 bits per heavy atom. The minimum atomic E-state index is -0.281. The summed E-state index contributed by atoms with van der Waals surface area (Å²) in [6.07, 6.45) is 7.32. The van der Waals surface area contributed by atoms with Gasteiger partial charge in [0.1, 0.15) is 6.10 Å². The molecule has 0 aromatic heterocycles. The van der Waals surface area contributed by atoms with Gasteiger partial charge in [0.15, 0.2) is 11.6 Å². The fourth-order valence-electron chi connectivity index (χ4n) is 2.00. The van der Waals surface area contributed by atoms with E-state index in [4.69, 9.17) is 4.74 Å². The lowest BCUT2D eigenvalue weighted by Gasteiger charge is -2.19. The van der Waals surface area contributed by atoms with E-state index in [0.29, 0.717) is 12.3 Å². The van der Waals surface area contributed by atoms with E-state index >= 15 is 0 Å². The SMILES string of the molecule is CNCc1ccc(OC2C=CCCC2)c(F)c1. The van der Waals surface area contributed by atoms with E-state index in [2.05, 4.69) is 11.4 Å². The summed E-state index contributed by atoms with van der Waals surface area (Å²) in [6, 6.07) is 5.13. The zero-order chi connectivity index (χ0) is 12.1. The van der Waals surface area contributed by atoms with E-state index < -0.39 is 0 Å². The fraction of sp³-hybridized carbons (Fsp3) is 0.429. The Hall–Kier alpha value is -1.35. The first-order chi connectivity index (χ1) is 8.29. The third-order valence-electron chi connectivity index (χ3n) is 2.87. The maximum Gasteiger partial charge on any atom is 0.165 e. The highest BCUT2D eigenvalue weighted by Crippen LogP contribution is 2.23. The molecule has 0 radical (unpaired) electrons. The van der Waals surface area contributed by atoms with Gasteiger partial charge in [0, 0.05) is 6.54 Å². The Morgan fingerprint density at radius 3 is 3.00 bits per heavy atom. The fourth-order valence-corrected chi connectivity index (χ4v) is 2.00. The Labute approximate surface area is 101 Å². The van der Waals surface area contributed by atoms with Gasteiger partial charge >= 0.3 is 0 Å². The standard InChI is InChI=1S/C14H18FNO/c1-16-10-11-7-8-14(13(15)9-11)17-12-5-3-2-4-6-12/h3,5,7-9,12,16H,2,4,6,10H2,1H3. The number of benzene rings is 1. The van der Waals surface area contributed by atoms with Gasteiger partial charge in [-0.2, -0.15) is 0 Å². The zero-order valence-corrected chi connectivity index (χ0v) is 10.1. The smallest absolute Gasteiger partial charge is 0.165 e. The molecule has 0 saturated carbocycles. The Bertz CT molecular complexity index is 403. The molecule has 1 N–H and O–H groups in total. The van der Waals surface area contributed by atoms with Crippen LogP contribution in [0.4, 0.5) is 4.39 Å². The quantitative estimate of drug-likeness (QED) is 0.810. The van der Waals surface area contributed by atoms with Crippen LogP contribution in [0.3, 0.4) is 0 Å². The van der Waals surface area contributed by atoms with Crippen LogP contribution in [0.2, 0.25) is 0 Å². The Kier molecular flexibility index (Phi) is 4.15. The Balaban J connectivity index is 2.05. The third kappa shape index (κ3) is 3.30. The molecular weight excluding hydrogens is 217 g/mol. The first-order valence-corrected chi connectivity index (χ1v) is 6.06. The summed E-state index contributed by atoms with van der Waals surface area (Å²) in [7, 11) is 1.84. The van der Waals surface area contributed by atoms with E-state index in [1.165, 1.54) is 6.07 Å². The van der Waals surface area contributed by atoms with Gasteiger partial charge in [-0.25, -0.2) is 4.39 Å². The molecule has 92 valence electrons.